The second-order valence-electron chi connectivity index (χ2n) is 16.9. The second-order valence-corrected chi connectivity index (χ2v) is 16.9. The number of hydrogen-bond acceptors (Lipinski definition) is 8. The number of ether oxygens (including phenoxy) is 2. The predicted molar refractivity (Wildman–Crippen MR) is 269 cm³/mol. The molecular formula is C53H106N4O4. The number of nitrogen functional groups attached to an aromatic ring is 1. The molecule has 0 fully saturated rings. The number of hydrogen-bond donors (Lipinski definition) is 2. The molecule has 362 valence electrons. The van der Waals surface area contributed by atoms with E-state index in [2.05, 4.69) is 56.7 Å². The summed E-state index contributed by atoms with van der Waals surface area (Å²) in [6.07, 6.45) is 37.5. The Labute approximate surface area is 380 Å². The van der Waals surface area contributed by atoms with Gasteiger partial charge in [-0.3, -0.25) is 4.79 Å². The summed E-state index contributed by atoms with van der Waals surface area (Å²) in [6, 6.07) is 3.73. The lowest BCUT2D eigenvalue weighted by molar-refractivity contribution is -0.144. The molecule has 0 radical (unpaired) electrons. The molecule has 0 spiro atoms. The van der Waals surface area contributed by atoms with Gasteiger partial charge in [0.2, 0.25) is 0 Å². The summed E-state index contributed by atoms with van der Waals surface area (Å²) in [7, 11) is 1.81. The van der Waals surface area contributed by atoms with Crippen LogP contribution in [0, 0.1) is 11.8 Å². The molecule has 1 aromatic heterocycles. The Morgan fingerprint density at radius 2 is 1.20 bits per heavy atom. The summed E-state index contributed by atoms with van der Waals surface area (Å²) >= 11 is 0. The van der Waals surface area contributed by atoms with Gasteiger partial charge in [0.05, 0.1) is 12.3 Å². The summed E-state index contributed by atoms with van der Waals surface area (Å²) in [5.74, 6) is 2.36. The van der Waals surface area contributed by atoms with Gasteiger partial charge in [-0.05, 0) is 88.5 Å². The zero-order valence-corrected chi connectivity index (χ0v) is 42.3. The maximum absolute atomic E-state index is 12.1. The summed E-state index contributed by atoms with van der Waals surface area (Å²) in [6.45, 7) is 23.0. The highest BCUT2D eigenvalue weighted by Crippen LogP contribution is 2.21. The van der Waals surface area contributed by atoms with Gasteiger partial charge in [-0.2, -0.15) is 0 Å². The first-order chi connectivity index (χ1) is 29.9. The fourth-order valence-electron chi connectivity index (χ4n) is 7.37. The number of rotatable bonds is 40. The van der Waals surface area contributed by atoms with Crippen molar-refractivity contribution in [1.29, 1.82) is 0 Å². The van der Waals surface area contributed by atoms with Crippen molar-refractivity contribution in [2.75, 3.05) is 57.6 Å². The minimum absolute atomic E-state index is 0.0215. The topological polar surface area (TPSA) is 107 Å². The summed E-state index contributed by atoms with van der Waals surface area (Å²) < 4.78 is 10.7. The van der Waals surface area contributed by atoms with Crippen LogP contribution in [0.2, 0.25) is 0 Å². The van der Waals surface area contributed by atoms with Crippen LogP contribution in [0.5, 0.6) is 0 Å². The van der Waals surface area contributed by atoms with Crippen LogP contribution in [0.15, 0.2) is 18.3 Å². The van der Waals surface area contributed by atoms with Gasteiger partial charge in [0.1, 0.15) is 12.1 Å². The highest BCUT2D eigenvalue weighted by atomic mass is 16.5. The molecule has 1 atom stereocenters. The summed E-state index contributed by atoms with van der Waals surface area (Å²) in [4.78, 5) is 29.5. The van der Waals surface area contributed by atoms with Crippen molar-refractivity contribution in [2.24, 2.45) is 11.8 Å². The van der Waals surface area contributed by atoms with Gasteiger partial charge in [0.25, 0.3) is 0 Å². The number of carbonyl (C=O) groups excluding carboxylic acids is 2. The molecule has 3 N–H and O–H groups in total. The zero-order chi connectivity index (χ0) is 45.9. The van der Waals surface area contributed by atoms with Crippen molar-refractivity contribution in [3.8, 4) is 0 Å². The molecule has 8 heteroatoms. The number of carbonyl (C=O) groups is 2. The molecule has 0 aliphatic heterocycles. The third kappa shape index (κ3) is 47.1. The van der Waals surface area contributed by atoms with E-state index in [1.54, 1.807) is 6.20 Å². The number of pyridine rings is 1. The van der Waals surface area contributed by atoms with Crippen LogP contribution in [-0.2, 0) is 19.1 Å². The number of aromatic nitrogens is 1. The number of nitrogens with zero attached hydrogens (tertiary/aromatic N) is 2. The smallest absolute Gasteiger partial charge is 0.305 e. The van der Waals surface area contributed by atoms with E-state index < -0.39 is 0 Å². The molecule has 0 amide bonds. The van der Waals surface area contributed by atoms with Crippen molar-refractivity contribution in [2.45, 2.75) is 242 Å². The lowest BCUT2D eigenvalue weighted by Gasteiger charge is -2.22. The first kappa shape index (κ1) is 63.1. The number of nitrogens with one attached hydrogen (secondary N) is 1. The van der Waals surface area contributed by atoms with E-state index >= 15 is 0 Å². The van der Waals surface area contributed by atoms with Crippen LogP contribution >= 0.6 is 0 Å². The van der Waals surface area contributed by atoms with Gasteiger partial charge >= 0.3 is 5.97 Å². The van der Waals surface area contributed by atoms with Crippen LogP contribution in [0.3, 0.4) is 0 Å². The van der Waals surface area contributed by atoms with E-state index in [9.17, 15) is 9.59 Å². The van der Waals surface area contributed by atoms with E-state index in [0.29, 0.717) is 31.1 Å². The van der Waals surface area contributed by atoms with Crippen molar-refractivity contribution >= 4 is 23.8 Å². The van der Waals surface area contributed by atoms with Crippen molar-refractivity contribution < 1.29 is 19.1 Å². The molecule has 0 aliphatic rings. The average molecular weight is 863 g/mol. The monoisotopic (exact) mass is 863 g/mol. The minimum atomic E-state index is -0.0215. The van der Waals surface area contributed by atoms with Crippen LogP contribution in [0.25, 0.3) is 0 Å². The lowest BCUT2D eigenvalue weighted by atomic mass is 9.92. The molecule has 1 heterocycles. The van der Waals surface area contributed by atoms with Crippen molar-refractivity contribution in [3.63, 3.8) is 0 Å². The van der Waals surface area contributed by atoms with E-state index in [0.717, 1.165) is 89.3 Å². The number of anilines is 2. The average Bonchev–Trinajstić information content (AvgIpc) is 3.27. The molecule has 0 saturated carbocycles. The normalized spacial score (nSPS) is 11.2. The maximum atomic E-state index is 12.1. The fourth-order valence-corrected chi connectivity index (χ4v) is 7.37. The SMILES string of the molecule is CC.CCC.CCCCCC(CC)CCOC(=O)CCCCCCCN(CCCCCCCC=O)CCCNc1ncccc1N.CCCCCC(CCCCC)CCOC. The molecule has 0 saturated heterocycles. The van der Waals surface area contributed by atoms with Crippen LogP contribution in [0.4, 0.5) is 11.5 Å². The molecule has 1 unspecified atom stereocenters. The standard InChI is InChI=1S/C34H62N4O3.C14H30O.C3H8.C2H6/c1-3-5-13-20-31(4-2)23-30-41-33(40)22-14-9-8-11-16-27-38(26-15-10-6-7-12-17-29-39)28-19-25-37-34-32(35)21-18-24-36-34;1-4-6-8-10-14(12-13-15-3)11-9-7-5-2;1-3-2;1-2/h18,21,24,29,31H,3-17,19-20,22-23,25-28,30,35H2,1-2H3,(H,36,37);14H,4-13H2,1-3H3;3H2,1-2H3;1-2H3. The Morgan fingerprint density at radius 3 is 1.72 bits per heavy atom. The zero-order valence-electron chi connectivity index (χ0n) is 42.3. The van der Waals surface area contributed by atoms with E-state index in [-0.39, 0.29) is 5.97 Å². The second kappa shape index (κ2) is 53.9. The summed E-state index contributed by atoms with van der Waals surface area (Å²) in [5, 5.41) is 3.37. The van der Waals surface area contributed by atoms with Gasteiger partial charge in [0.15, 0.2) is 0 Å². The van der Waals surface area contributed by atoms with Crippen LogP contribution < -0.4 is 11.1 Å². The number of nitrogens with two attached hydrogens (primary N) is 1. The van der Waals surface area contributed by atoms with Crippen molar-refractivity contribution in [3.05, 3.63) is 18.3 Å². The molecule has 8 nitrogen and oxygen atoms in total. The van der Waals surface area contributed by atoms with Crippen LogP contribution in [-0.4, -0.2) is 68.6 Å². The van der Waals surface area contributed by atoms with Gasteiger partial charge in [-0.25, -0.2) is 4.98 Å². The maximum Gasteiger partial charge on any atom is 0.305 e. The Morgan fingerprint density at radius 1 is 0.689 bits per heavy atom. The van der Waals surface area contributed by atoms with Gasteiger partial charge in [-0.1, -0.05) is 184 Å². The number of aldehydes is 1. The molecule has 1 rings (SSSR count). The molecule has 0 aromatic carbocycles. The molecule has 61 heavy (non-hydrogen) atoms. The minimum Gasteiger partial charge on any atom is -0.466 e. The highest BCUT2D eigenvalue weighted by molar-refractivity contribution is 5.69. The fraction of sp³-hybridized carbons (Fsp3) is 0.868. The molecule has 0 bridgehead atoms. The Kier molecular flexibility index (Phi) is 55.8. The van der Waals surface area contributed by atoms with Gasteiger partial charge in [0, 0.05) is 39.3 Å². The largest absolute Gasteiger partial charge is 0.466 e. The molecule has 0 aliphatic carbocycles. The number of esters is 1. The lowest BCUT2D eigenvalue weighted by Crippen LogP contribution is -2.28. The predicted octanol–water partition coefficient (Wildman–Crippen LogP) is 15.4. The van der Waals surface area contributed by atoms with E-state index in [1.165, 1.54) is 135 Å². The highest BCUT2D eigenvalue weighted by Gasteiger charge is 2.10. The van der Waals surface area contributed by atoms with Crippen molar-refractivity contribution in [1.82, 2.24) is 9.88 Å². The first-order valence-corrected chi connectivity index (χ1v) is 26.1. The number of unbranched alkanes of at least 4 members (excludes halogenated alkanes) is 15. The first-order valence-electron chi connectivity index (χ1n) is 26.1. The molecule has 1 aromatic rings. The Bertz CT molecular complexity index is 987. The third-order valence-electron chi connectivity index (χ3n) is 11.2. The molecular weight excluding hydrogens is 757 g/mol. The van der Waals surface area contributed by atoms with Gasteiger partial charge in [-0.15, -0.1) is 0 Å². The Balaban J connectivity index is -0.00000140. The third-order valence-corrected chi connectivity index (χ3v) is 11.2. The van der Waals surface area contributed by atoms with Crippen LogP contribution in [0.1, 0.15) is 242 Å². The van der Waals surface area contributed by atoms with E-state index in [1.807, 2.05) is 33.1 Å². The summed E-state index contributed by atoms with van der Waals surface area (Å²) in [5.41, 5.74) is 6.68. The van der Waals surface area contributed by atoms with E-state index in [4.69, 9.17) is 15.2 Å². The number of methoxy groups -OCH3 is 1. The van der Waals surface area contributed by atoms with Gasteiger partial charge < -0.3 is 30.2 Å². The Hall–Kier alpha value is -2.19. The quantitative estimate of drug-likeness (QED) is 0.0382.